The molecule has 0 aliphatic heterocycles. The molecule has 34 heavy (non-hydrogen) atoms. The van der Waals surface area contributed by atoms with Crippen LogP contribution in [0.5, 0.6) is 0 Å². The first kappa shape index (κ1) is 32.6. The standard InChI is InChI=1S/C21H32ClF2NO3Si.C2H5F2N/c1-19(2,3)27-18(26)25(13-17(23)24)12-14-9-10-16(22)15(11-14)21(7,8)28-29-20(4,5)6;3-2(4)1-5/h9-11,17H,12-13H2,1-8H3;2H,1,5H2. The molecular weight excluding hydrogens is 492 g/mol. The molecule has 0 unspecified atom stereocenters. The molecule has 1 amide bonds. The van der Waals surface area contributed by atoms with Crippen molar-refractivity contribution in [2.45, 2.75) is 91.0 Å². The Morgan fingerprint density at radius 2 is 1.59 bits per heavy atom. The molecule has 0 saturated carbocycles. The minimum Gasteiger partial charge on any atom is -0.444 e. The molecule has 1 rings (SSSR count). The predicted octanol–water partition coefficient (Wildman–Crippen LogP) is 6.64. The summed E-state index contributed by atoms with van der Waals surface area (Å²) in [6, 6.07) is 5.22. The van der Waals surface area contributed by atoms with Crippen LogP contribution in [0.15, 0.2) is 18.2 Å². The minimum absolute atomic E-state index is 0.00609. The number of alkyl halides is 4. The lowest BCUT2D eigenvalue weighted by Gasteiger charge is -2.31. The monoisotopic (exact) mass is 528 g/mol. The van der Waals surface area contributed by atoms with Gasteiger partial charge in [0.1, 0.15) is 5.60 Å². The van der Waals surface area contributed by atoms with Gasteiger partial charge in [-0.15, -0.1) is 0 Å². The molecule has 0 atom stereocenters. The van der Waals surface area contributed by atoms with Gasteiger partial charge < -0.3 is 14.9 Å². The molecule has 0 saturated heterocycles. The van der Waals surface area contributed by atoms with Crippen LogP contribution in [0.3, 0.4) is 0 Å². The average molecular weight is 529 g/mol. The molecular formula is C23H37ClF4N2O3Si. The Morgan fingerprint density at radius 1 is 1.06 bits per heavy atom. The summed E-state index contributed by atoms with van der Waals surface area (Å²) in [6.45, 7) is 13.9. The summed E-state index contributed by atoms with van der Waals surface area (Å²) < 4.78 is 58.7. The highest BCUT2D eigenvalue weighted by Crippen LogP contribution is 2.34. The van der Waals surface area contributed by atoms with Crippen molar-refractivity contribution >= 4 is 27.5 Å². The second kappa shape index (κ2) is 13.7. The number of nitrogens with two attached hydrogens (primary N) is 1. The lowest BCUT2D eigenvalue weighted by Crippen LogP contribution is -2.39. The van der Waals surface area contributed by atoms with Gasteiger partial charge in [0.25, 0.3) is 12.9 Å². The number of hydrogen-bond acceptors (Lipinski definition) is 4. The summed E-state index contributed by atoms with van der Waals surface area (Å²) in [5.74, 6) is 0. The van der Waals surface area contributed by atoms with Crippen molar-refractivity contribution < 1.29 is 31.5 Å². The maximum absolute atomic E-state index is 13.0. The number of nitrogens with zero attached hydrogens (tertiary/aromatic N) is 1. The van der Waals surface area contributed by atoms with Crippen LogP contribution in [0.2, 0.25) is 10.1 Å². The summed E-state index contributed by atoms with van der Waals surface area (Å²) in [6.07, 6.45) is -5.78. The van der Waals surface area contributed by atoms with Crippen molar-refractivity contribution in [2.75, 3.05) is 13.1 Å². The largest absolute Gasteiger partial charge is 0.444 e. The van der Waals surface area contributed by atoms with E-state index in [-0.39, 0.29) is 21.3 Å². The number of rotatable bonds is 8. The van der Waals surface area contributed by atoms with Crippen LogP contribution in [-0.4, -0.2) is 52.3 Å². The summed E-state index contributed by atoms with van der Waals surface area (Å²) in [7, 11) is 0.251. The van der Waals surface area contributed by atoms with Crippen LogP contribution in [0.4, 0.5) is 22.4 Å². The second-order valence-electron chi connectivity index (χ2n) is 10.2. The van der Waals surface area contributed by atoms with Crippen LogP contribution in [0, 0.1) is 0 Å². The molecule has 0 fully saturated rings. The Morgan fingerprint density at radius 3 is 2.00 bits per heavy atom. The lowest BCUT2D eigenvalue weighted by molar-refractivity contribution is 0.00815. The fraction of sp³-hybridized carbons (Fsp3) is 0.696. The fourth-order valence-corrected chi connectivity index (χ4v) is 3.40. The van der Waals surface area contributed by atoms with Gasteiger partial charge in [-0.25, -0.2) is 22.4 Å². The molecule has 0 aliphatic carbocycles. The van der Waals surface area contributed by atoms with Crippen molar-refractivity contribution in [3.63, 3.8) is 0 Å². The fourth-order valence-electron chi connectivity index (χ4n) is 2.38. The summed E-state index contributed by atoms with van der Waals surface area (Å²) in [4.78, 5) is 13.4. The Bertz CT molecular complexity index is 770. The summed E-state index contributed by atoms with van der Waals surface area (Å²) in [5, 5.41) is 0.529. The van der Waals surface area contributed by atoms with E-state index in [1.165, 1.54) is 0 Å². The molecule has 0 aliphatic rings. The van der Waals surface area contributed by atoms with E-state index in [0.717, 1.165) is 10.5 Å². The molecule has 2 radical (unpaired) electrons. The van der Waals surface area contributed by atoms with Gasteiger partial charge >= 0.3 is 6.09 Å². The Kier molecular flexibility index (Phi) is 13.1. The van der Waals surface area contributed by atoms with Gasteiger partial charge in [0.05, 0.1) is 18.7 Å². The SMILES string of the molecule is CC(C)(C)OC(=O)N(Cc1ccc(Cl)c(C(C)(C)O[Si]C(C)(C)C)c1)CC(F)F.NCC(F)F. The molecule has 1 aromatic rings. The van der Waals surface area contributed by atoms with Crippen LogP contribution >= 0.6 is 11.6 Å². The first-order chi connectivity index (χ1) is 15.3. The predicted molar refractivity (Wildman–Crippen MR) is 129 cm³/mol. The van der Waals surface area contributed by atoms with E-state index in [2.05, 4.69) is 26.5 Å². The summed E-state index contributed by atoms with van der Waals surface area (Å²) >= 11 is 6.40. The van der Waals surface area contributed by atoms with Crippen LogP contribution in [0.25, 0.3) is 0 Å². The topological polar surface area (TPSA) is 64.8 Å². The van der Waals surface area contributed by atoms with Crippen LogP contribution in [0.1, 0.15) is 66.5 Å². The normalized spacial score (nSPS) is 12.5. The maximum atomic E-state index is 13.0. The lowest BCUT2D eigenvalue weighted by atomic mass is 9.96. The zero-order chi connectivity index (χ0) is 26.9. The van der Waals surface area contributed by atoms with Gasteiger partial charge in [-0.3, -0.25) is 4.90 Å². The maximum Gasteiger partial charge on any atom is 0.410 e. The van der Waals surface area contributed by atoms with Gasteiger partial charge in [-0.05, 0) is 57.4 Å². The Hall–Kier alpha value is -1.36. The van der Waals surface area contributed by atoms with E-state index in [1.54, 1.807) is 39.0 Å². The van der Waals surface area contributed by atoms with Gasteiger partial charge in [-0.2, -0.15) is 0 Å². The van der Waals surface area contributed by atoms with E-state index in [4.69, 9.17) is 20.8 Å². The van der Waals surface area contributed by atoms with Crippen molar-refractivity contribution in [2.24, 2.45) is 5.73 Å². The van der Waals surface area contributed by atoms with Crippen molar-refractivity contribution in [1.82, 2.24) is 4.90 Å². The van der Waals surface area contributed by atoms with Crippen LogP contribution in [-0.2, 0) is 21.3 Å². The van der Waals surface area contributed by atoms with E-state index < -0.39 is 43.2 Å². The number of hydrogen-bond donors (Lipinski definition) is 1. The number of carbonyl (C=O) groups excluding carboxylic acids is 1. The third-order valence-electron chi connectivity index (χ3n) is 3.85. The minimum atomic E-state index is -2.66. The van der Waals surface area contributed by atoms with Gasteiger partial charge in [0, 0.05) is 17.1 Å². The highest BCUT2D eigenvalue weighted by Gasteiger charge is 2.29. The molecule has 5 nitrogen and oxygen atoms in total. The first-order valence-corrected chi connectivity index (χ1v) is 12.0. The zero-order valence-corrected chi connectivity index (χ0v) is 22.9. The quantitative estimate of drug-likeness (QED) is 0.303. The van der Waals surface area contributed by atoms with Gasteiger partial charge in [0.15, 0.2) is 0 Å². The third kappa shape index (κ3) is 14.1. The van der Waals surface area contributed by atoms with E-state index >= 15 is 0 Å². The number of benzene rings is 1. The molecule has 11 heteroatoms. The van der Waals surface area contributed by atoms with Gasteiger partial charge in [-0.1, -0.05) is 38.4 Å². The Labute approximate surface area is 208 Å². The zero-order valence-electron chi connectivity index (χ0n) is 21.1. The summed E-state index contributed by atoms with van der Waals surface area (Å²) in [5.41, 5.74) is 4.40. The molecule has 0 heterocycles. The third-order valence-corrected chi connectivity index (χ3v) is 5.41. The number of halogens is 5. The highest BCUT2D eigenvalue weighted by atomic mass is 35.5. The number of carbonyl (C=O) groups is 1. The van der Waals surface area contributed by atoms with Crippen molar-refractivity contribution in [1.29, 1.82) is 0 Å². The van der Waals surface area contributed by atoms with Crippen molar-refractivity contribution in [3.05, 3.63) is 34.3 Å². The molecule has 0 spiro atoms. The van der Waals surface area contributed by atoms with E-state index in [9.17, 15) is 22.4 Å². The number of ether oxygens (including phenoxy) is 1. The average Bonchev–Trinajstić information content (AvgIpc) is 2.65. The Balaban J connectivity index is 0.00000196. The molecule has 196 valence electrons. The van der Waals surface area contributed by atoms with E-state index in [0.29, 0.717) is 10.6 Å². The van der Waals surface area contributed by atoms with Crippen molar-refractivity contribution in [3.8, 4) is 0 Å². The second-order valence-corrected chi connectivity index (χ2v) is 12.5. The van der Waals surface area contributed by atoms with Crippen LogP contribution < -0.4 is 5.73 Å². The smallest absolute Gasteiger partial charge is 0.410 e. The highest BCUT2D eigenvalue weighted by molar-refractivity contribution is 6.32. The van der Waals surface area contributed by atoms with Gasteiger partial charge in [0.2, 0.25) is 9.76 Å². The molecule has 2 N–H and O–H groups in total. The molecule has 0 bridgehead atoms. The number of amides is 1. The first-order valence-electron chi connectivity index (χ1n) is 10.8. The van der Waals surface area contributed by atoms with E-state index in [1.807, 2.05) is 13.8 Å². The molecule has 0 aromatic heterocycles. The molecule has 1 aromatic carbocycles.